The van der Waals surface area contributed by atoms with E-state index in [-0.39, 0.29) is 28.5 Å². The van der Waals surface area contributed by atoms with E-state index >= 15 is 0 Å². The van der Waals surface area contributed by atoms with E-state index < -0.39 is 23.6 Å². The van der Waals surface area contributed by atoms with Gasteiger partial charge in [-0.2, -0.15) is 23.3 Å². The van der Waals surface area contributed by atoms with Crippen LogP contribution in [-0.4, -0.2) is 24.2 Å². The van der Waals surface area contributed by atoms with Crippen LogP contribution in [-0.2, 0) is 15.7 Å². The number of benzene rings is 2. The van der Waals surface area contributed by atoms with Crippen LogP contribution in [0.15, 0.2) is 82.3 Å². The molecule has 0 N–H and O–H groups in total. The van der Waals surface area contributed by atoms with Crippen molar-refractivity contribution in [3.63, 3.8) is 0 Å². The number of ether oxygens (including phenoxy) is 1. The first kappa shape index (κ1) is 25.0. The third-order valence-electron chi connectivity index (χ3n) is 5.20. The van der Waals surface area contributed by atoms with Crippen molar-refractivity contribution in [3.8, 4) is 11.3 Å². The second kappa shape index (κ2) is 9.87. The normalized spacial score (nSPS) is 14.8. The van der Waals surface area contributed by atoms with Crippen molar-refractivity contribution >= 4 is 41.0 Å². The lowest BCUT2D eigenvalue weighted by Gasteiger charge is -2.14. The van der Waals surface area contributed by atoms with Crippen molar-refractivity contribution in [2.24, 2.45) is 5.10 Å². The number of hydrazone groups is 1. The second-order valence-electron chi connectivity index (χ2n) is 7.69. The van der Waals surface area contributed by atoms with Crippen LogP contribution in [0.2, 0.25) is 5.02 Å². The molecular formula is C26H18ClF3N2O4. The van der Waals surface area contributed by atoms with E-state index in [0.717, 1.165) is 17.1 Å². The van der Waals surface area contributed by atoms with E-state index in [9.17, 15) is 22.8 Å². The quantitative estimate of drug-likeness (QED) is 0.207. The minimum atomic E-state index is -4.55. The van der Waals surface area contributed by atoms with E-state index in [1.165, 1.54) is 36.4 Å². The Morgan fingerprint density at radius 3 is 2.69 bits per heavy atom. The van der Waals surface area contributed by atoms with Crippen molar-refractivity contribution in [1.82, 2.24) is 0 Å². The molecule has 0 unspecified atom stereocenters. The van der Waals surface area contributed by atoms with Crippen molar-refractivity contribution in [3.05, 3.63) is 94.7 Å². The largest absolute Gasteiger partial charge is 0.458 e. The fraction of sp³-hybridized carbons (Fsp3) is 0.115. The SMILES string of the molecule is C=CCOC(=O)c1cc(-c2ccc(C=C3C(=O)N(c4cccc(C(F)(F)F)c4)N=C3C)o2)ccc1Cl. The Kier molecular flexibility index (Phi) is 6.85. The fourth-order valence-electron chi connectivity index (χ4n) is 3.45. The third-order valence-corrected chi connectivity index (χ3v) is 5.53. The van der Waals surface area contributed by atoms with E-state index in [0.29, 0.717) is 22.8 Å². The average Bonchev–Trinajstić information content (AvgIpc) is 3.42. The van der Waals surface area contributed by atoms with Gasteiger partial charge in [-0.15, -0.1) is 0 Å². The molecule has 0 fully saturated rings. The van der Waals surface area contributed by atoms with Gasteiger partial charge in [-0.1, -0.05) is 30.3 Å². The lowest BCUT2D eigenvalue weighted by atomic mass is 10.1. The molecule has 2 heterocycles. The van der Waals surface area contributed by atoms with Crippen LogP contribution in [0.1, 0.15) is 28.6 Å². The molecule has 0 bridgehead atoms. The molecule has 1 aliphatic rings. The zero-order valence-electron chi connectivity index (χ0n) is 18.8. The van der Waals surface area contributed by atoms with Crippen LogP contribution in [0.4, 0.5) is 18.9 Å². The van der Waals surface area contributed by atoms with Gasteiger partial charge in [0.05, 0.1) is 33.1 Å². The van der Waals surface area contributed by atoms with Gasteiger partial charge in [-0.05, 0) is 61.5 Å². The van der Waals surface area contributed by atoms with Gasteiger partial charge in [-0.25, -0.2) is 4.79 Å². The van der Waals surface area contributed by atoms with Crippen LogP contribution in [0, 0.1) is 0 Å². The minimum absolute atomic E-state index is 0.00487. The van der Waals surface area contributed by atoms with Gasteiger partial charge in [0.15, 0.2) is 0 Å². The molecule has 3 aromatic rings. The van der Waals surface area contributed by atoms with Gasteiger partial charge in [0.1, 0.15) is 18.1 Å². The van der Waals surface area contributed by atoms with Crippen LogP contribution in [0.25, 0.3) is 17.4 Å². The molecule has 0 saturated carbocycles. The highest BCUT2D eigenvalue weighted by Gasteiger charge is 2.33. The summed E-state index contributed by atoms with van der Waals surface area (Å²) in [5.74, 6) is -0.511. The maximum absolute atomic E-state index is 13.1. The zero-order valence-corrected chi connectivity index (χ0v) is 19.6. The molecule has 36 heavy (non-hydrogen) atoms. The second-order valence-corrected chi connectivity index (χ2v) is 8.10. The molecule has 1 aromatic heterocycles. The first-order valence-electron chi connectivity index (χ1n) is 10.5. The number of alkyl halides is 3. The topological polar surface area (TPSA) is 72.1 Å². The number of anilines is 1. The van der Waals surface area contributed by atoms with Crippen molar-refractivity contribution in [1.29, 1.82) is 0 Å². The molecule has 1 aliphatic heterocycles. The third kappa shape index (κ3) is 5.11. The Hall–Kier alpha value is -4.11. The van der Waals surface area contributed by atoms with Crippen molar-refractivity contribution < 1.29 is 31.9 Å². The zero-order chi connectivity index (χ0) is 26.0. The highest BCUT2D eigenvalue weighted by molar-refractivity contribution is 6.33. The van der Waals surface area contributed by atoms with Crippen molar-refractivity contribution in [2.45, 2.75) is 13.1 Å². The summed E-state index contributed by atoms with van der Waals surface area (Å²) in [6, 6.07) is 12.3. The summed E-state index contributed by atoms with van der Waals surface area (Å²) in [4.78, 5) is 25.2. The van der Waals surface area contributed by atoms with E-state index in [4.69, 9.17) is 20.8 Å². The summed E-state index contributed by atoms with van der Waals surface area (Å²) in [6.45, 7) is 5.10. The van der Waals surface area contributed by atoms with Gasteiger partial charge in [0, 0.05) is 5.56 Å². The van der Waals surface area contributed by atoms with Gasteiger partial charge in [0.25, 0.3) is 5.91 Å². The lowest BCUT2D eigenvalue weighted by Crippen LogP contribution is -2.21. The van der Waals surface area contributed by atoms with Crippen LogP contribution >= 0.6 is 11.6 Å². The molecule has 184 valence electrons. The van der Waals surface area contributed by atoms with Crippen LogP contribution < -0.4 is 5.01 Å². The first-order chi connectivity index (χ1) is 17.1. The molecule has 0 atom stereocenters. The summed E-state index contributed by atoms with van der Waals surface area (Å²) in [5, 5.41) is 5.25. The highest BCUT2D eigenvalue weighted by atomic mass is 35.5. The average molecular weight is 515 g/mol. The predicted octanol–water partition coefficient (Wildman–Crippen LogP) is 6.77. The summed E-state index contributed by atoms with van der Waals surface area (Å²) < 4.78 is 50.1. The number of rotatable bonds is 6. The Balaban J connectivity index is 1.59. The molecule has 1 amide bonds. The Labute approximate surface area is 208 Å². The number of carbonyl (C=O) groups excluding carboxylic acids is 2. The molecule has 0 saturated heterocycles. The Morgan fingerprint density at radius 2 is 1.97 bits per heavy atom. The first-order valence-corrected chi connectivity index (χ1v) is 10.9. The number of nitrogens with zero attached hydrogens (tertiary/aromatic N) is 2. The molecule has 0 spiro atoms. The maximum atomic E-state index is 13.1. The molecule has 10 heteroatoms. The van der Waals surface area contributed by atoms with E-state index in [1.54, 1.807) is 25.1 Å². The number of esters is 1. The standard InChI is InChI=1S/C26H18ClF3N2O4/c1-3-11-35-25(34)21-12-16(7-9-22(21)27)23-10-8-19(36-23)14-20-15(2)31-32(24(20)33)18-6-4-5-17(13-18)26(28,29)30/h3-10,12-14H,1,11H2,2H3. The number of hydrogen-bond donors (Lipinski definition) is 0. The molecule has 0 aliphatic carbocycles. The van der Waals surface area contributed by atoms with Crippen molar-refractivity contribution in [2.75, 3.05) is 11.6 Å². The molecule has 4 rings (SSSR count). The molecule has 6 nitrogen and oxygen atoms in total. The molecule has 2 aromatic carbocycles. The van der Waals surface area contributed by atoms with E-state index in [1.807, 2.05) is 0 Å². The number of amides is 1. The minimum Gasteiger partial charge on any atom is -0.458 e. The van der Waals surface area contributed by atoms with Crippen LogP contribution in [0.5, 0.6) is 0 Å². The Bertz CT molecular complexity index is 1420. The number of halogens is 4. The van der Waals surface area contributed by atoms with Gasteiger partial charge in [0.2, 0.25) is 0 Å². The van der Waals surface area contributed by atoms with E-state index in [2.05, 4.69) is 11.7 Å². The molecule has 0 radical (unpaired) electrons. The Morgan fingerprint density at radius 1 is 1.19 bits per heavy atom. The summed E-state index contributed by atoms with van der Waals surface area (Å²) in [5.41, 5.74) is 0.285. The number of furan rings is 1. The summed E-state index contributed by atoms with van der Waals surface area (Å²) in [7, 11) is 0. The van der Waals surface area contributed by atoms with Gasteiger partial charge in [-0.3, -0.25) is 4.79 Å². The number of carbonyl (C=O) groups is 2. The smallest absolute Gasteiger partial charge is 0.416 e. The highest BCUT2D eigenvalue weighted by Crippen LogP contribution is 2.34. The van der Waals surface area contributed by atoms with Gasteiger partial charge < -0.3 is 9.15 Å². The number of hydrogen-bond acceptors (Lipinski definition) is 5. The van der Waals surface area contributed by atoms with Gasteiger partial charge >= 0.3 is 12.1 Å². The maximum Gasteiger partial charge on any atom is 0.416 e. The monoisotopic (exact) mass is 514 g/mol. The lowest BCUT2D eigenvalue weighted by molar-refractivity contribution is -0.137. The summed E-state index contributed by atoms with van der Waals surface area (Å²) in [6.07, 6.45) is -1.66. The predicted molar refractivity (Wildman–Crippen MR) is 130 cm³/mol. The molecular weight excluding hydrogens is 497 g/mol. The summed E-state index contributed by atoms with van der Waals surface area (Å²) >= 11 is 6.12. The van der Waals surface area contributed by atoms with Crippen LogP contribution in [0.3, 0.4) is 0 Å². The fourth-order valence-corrected chi connectivity index (χ4v) is 3.64.